The molecule has 6 heterocycles. The van der Waals surface area contributed by atoms with Gasteiger partial charge in [0, 0.05) is 19.3 Å². The minimum Gasteiger partial charge on any atom is -0.455 e. The quantitative estimate of drug-likeness (QED) is 0.0423. The molecule has 10 aliphatic rings. The number of aliphatic hydroxyl groups excluding tert-OH is 16. The first-order valence-electron chi connectivity index (χ1n) is 31.4. The van der Waals surface area contributed by atoms with Crippen molar-refractivity contribution in [2.45, 2.75) is 271 Å². The Balaban J connectivity index is 0.846. The van der Waals surface area contributed by atoms with Gasteiger partial charge in [-0.05, 0) is 97.9 Å². The minimum absolute atomic E-state index is 0.0299. The van der Waals surface area contributed by atoms with Crippen LogP contribution in [0.15, 0.2) is 11.6 Å². The molecule has 512 valence electrons. The molecule has 1 unspecified atom stereocenters. The normalized spacial score (nSPS) is 53.7. The number of fused-ring (bicyclic) bond motifs is 7. The Labute approximate surface area is 514 Å². The molecule has 30 heteroatoms. The number of esters is 1. The van der Waals surface area contributed by atoms with E-state index in [9.17, 15) is 91.6 Å². The Kier molecular flexibility index (Phi) is 21.7. The molecule has 30 nitrogen and oxygen atoms in total. The van der Waals surface area contributed by atoms with Crippen molar-refractivity contribution in [3.8, 4) is 0 Å². The maximum Gasteiger partial charge on any atom is 0.303 e. The Hall–Kier alpha value is -1.91. The largest absolute Gasteiger partial charge is 0.455 e. The van der Waals surface area contributed by atoms with Crippen molar-refractivity contribution in [1.82, 2.24) is 0 Å². The number of carbonyl (C=O) groups excluding carboxylic acids is 1. The van der Waals surface area contributed by atoms with Gasteiger partial charge in [0.25, 0.3) is 0 Å². The van der Waals surface area contributed by atoms with Crippen LogP contribution in [0, 0.1) is 46.3 Å². The first kappa shape index (κ1) is 69.9. The lowest BCUT2D eigenvalue weighted by atomic mass is 9.46. The van der Waals surface area contributed by atoms with E-state index in [0.717, 1.165) is 18.4 Å². The van der Waals surface area contributed by atoms with Crippen molar-refractivity contribution < 1.29 is 148 Å². The van der Waals surface area contributed by atoms with Gasteiger partial charge in [-0.25, -0.2) is 0 Å². The van der Waals surface area contributed by atoms with Crippen LogP contribution in [0.1, 0.15) is 92.9 Å². The summed E-state index contributed by atoms with van der Waals surface area (Å²) in [5.74, 6) is -1.92. The maximum absolute atomic E-state index is 13.2. The second-order valence-electron chi connectivity index (χ2n) is 27.3. The average Bonchev–Trinajstić information content (AvgIpc) is 1.61. The molecule has 9 fully saturated rings. The van der Waals surface area contributed by atoms with Crippen molar-refractivity contribution in [3.05, 3.63) is 11.6 Å². The molecule has 0 aromatic rings. The molecular weight excluding hydrogens is 1190 g/mol. The molecule has 6 aliphatic heterocycles. The Morgan fingerprint density at radius 1 is 0.596 bits per heavy atom. The maximum atomic E-state index is 13.2. The molecule has 0 aromatic carbocycles. The zero-order chi connectivity index (χ0) is 64.7. The zero-order valence-electron chi connectivity index (χ0n) is 50.8. The van der Waals surface area contributed by atoms with E-state index in [1.807, 2.05) is 13.8 Å². The molecule has 89 heavy (non-hydrogen) atoms. The van der Waals surface area contributed by atoms with E-state index < -0.39 is 209 Å². The molecule has 0 spiro atoms. The summed E-state index contributed by atoms with van der Waals surface area (Å²) in [6.45, 7) is 7.94. The molecule has 3 saturated carbocycles. The Bertz CT molecular complexity index is 2390. The molecule has 0 aromatic heterocycles. The number of hydrogen-bond donors (Lipinski definition) is 17. The monoisotopic (exact) mass is 1280 g/mol. The summed E-state index contributed by atoms with van der Waals surface area (Å²) in [7, 11) is 0. The van der Waals surface area contributed by atoms with Crippen molar-refractivity contribution in [3.63, 3.8) is 0 Å². The summed E-state index contributed by atoms with van der Waals surface area (Å²) in [4.78, 5) is 13.2. The lowest BCUT2D eigenvalue weighted by molar-refractivity contribution is -0.398. The first-order valence-corrected chi connectivity index (χ1v) is 31.4. The molecule has 10 rings (SSSR count). The fourth-order valence-electron chi connectivity index (χ4n) is 16.9. The summed E-state index contributed by atoms with van der Waals surface area (Å²) in [5.41, 5.74) is 0.0696. The van der Waals surface area contributed by atoms with Crippen LogP contribution in [0.3, 0.4) is 0 Å². The van der Waals surface area contributed by atoms with Crippen molar-refractivity contribution in [1.29, 1.82) is 0 Å². The third-order valence-corrected chi connectivity index (χ3v) is 21.9. The van der Waals surface area contributed by atoms with Gasteiger partial charge in [0.05, 0.1) is 45.2 Å². The second kappa shape index (κ2) is 27.7. The number of rotatable bonds is 19. The molecule has 37 atom stereocenters. The fraction of sp³-hybridized carbons (Fsp3) is 0.949. The molecule has 17 N–H and O–H groups in total. The molecule has 6 saturated heterocycles. The summed E-state index contributed by atoms with van der Waals surface area (Å²) in [6.07, 6.45) is -38.3. The van der Waals surface area contributed by atoms with Crippen LogP contribution in [0.4, 0.5) is 0 Å². The van der Waals surface area contributed by atoms with Crippen LogP contribution in [0.2, 0.25) is 0 Å². The highest BCUT2D eigenvalue weighted by molar-refractivity contribution is 5.66. The van der Waals surface area contributed by atoms with Crippen molar-refractivity contribution in [2.24, 2.45) is 46.3 Å². The van der Waals surface area contributed by atoms with E-state index in [1.54, 1.807) is 0 Å². The first-order chi connectivity index (χ1) is 42.0. The van der Waals surface area contributed by atoms with Crippen LogP contribution in [0.25, 0.3) is 0 Å². The number of allylic oxidation sites excluding steroid dienone is 1. The van der Waals surface area contributed by atoms with Gasteiger partial charge in [-0.15, -0.1) is 0 Å². The van der Waals surface area contributed by atoms with Crippen LogP contribution < -0.4 is 0 Å². The summed E-state index contributed by atoms with van der Waals surface area (Å²) in [6, 6.07) is 0. The van der Waals surface area contributed by atoms with Gasteiger partial charge in [0.1, 0.15) is 128 Å². The predicted octanol–water partition coefficient (Wildman–Crippen LogP) is -5.64. The summed E-state index contributed by atoms with van der Waals surface area (Å²) in [5, 5.41) is 183. The van der Waals surface area contributed by atoms with E-state index in [1.165, 1.54) is 13.8 Å². The van der Waals surface area contributed by atoms with Crippen molar-refractivity contribution >= 4 is 5.97 Å². The van der Waals surface area contributed by atoms with Gasteiger partial charge in [0.2, 0.25) is 0 Å². The molecule has 4 aliphatic carbocycles. The van der Waals surface area contributed by atoms with Crippen LogP contribution in [-0.2, 0) is 61.6 Å². The molecular formula is C59H96O30. The minimum atomic E-state index is -2.09. The Morgan fingerprint density at radius 2 is 1.13 bits per heavy atom. The third-order valence-electron chi connectivity index (χ3n) is 21.9. The van der Waals surface area contributed by atoms with Gasteiger partial charge in [-0.3, -0.25) is 4.79 Å². The average molecular weight is 1290 g/mol. The van der Waals surface area contributed by atoms with E-state index in [-0.39, 0.29) is 60.1 Å². The van der Waals surface area contributed by atoms with E-state index in [4.69, 9.17) is 56.8 Å². The second-order valence-corrected chi connectivity index (χ2v) is 27.3. The summed E-state index contributed by atoms with van der Waals surface area (Å²) < 4.78 is 72.5. The smallest absolute Gasteiger partial charge is 0.303 e. The lowest BCUT2D eigenvalue weighted by Crippen LogP contribution is -2.68. The topological polar surface area (TPSA) is 472 Å². The number of hydrogen-bond acceptors (Lipinski definition) is 30. The molecule has 0 bridgehead atoms. The van der Waals surface area contributed by atoms with E-state index >= 15 is 0 Å². The number of ether oxygens (including phenoxy) is 12. The highest BCUT2D eigenvalue weighted by Gasteiger charge is 2.69. The third kappa shape index (κ3) is 12.9. The predicted molar refractivity (Wildman–Crippen MR) is 294 cm³/mol. The standard InChI is InChI=1S/C59H96O30/c1-21(20-78-52-43(72)41(70)37(66)31(16-60)82-52)9-14-59(77)22(2)35-30(89-59)15-28-25-7-8-27-48(80-24(4)64)29(11-13-57(27,5)26(25)10-12-58(28,35)6)81-56-51(88-53-44(73)40(69)36(65)23(3)79-53)46(75)49(34(19-63)85-56)86-55-47(76)50(39(68)33(18-62)84-55)87-54-45(74)42(71)38(67)32(17-61)83-54/h8,21-23,25-26,28-56,60-63,65-77H,7,9-20H2,1-6H3/t21-,22+,23+,25-,26+,28+,29+,30+,31-,32-,33-,34-,35+,36+,37-,38-,39-,40-,41+,42+,43-,44-,45-,46+,47-,48-,49-,50+,51-,52-,53+,54+,55+,56-,57-,58+,59?/m1/s1. The summed E-state index contributed by atoms with van der Waals surface area (Å²) >= 11 is 0. The van der Waals surface area contributed by atoms with E-state index in [0.29, 0.717) is 32.1 Å². The van der Waals surface area contributed by atoms with Gasteiger partial charge in [0.15, 0.2) is 37.2 Å². The SMILES string of the molecule is CC(=O)O[C@@H]1C2=CC[C@H]3[C@@H]4C[C@@H]5OC(O)(CC[C@@H](C)CO[C@@H]6O[C@H](CO)[C@@H](O)[C@H](O)[C@H]6O)[C@@H](C)[C@@H]5[C@@]4(C)CC[C@@H]3[C@@]2(C)CC[C@@H]1O[C@@H]1O[C@H](CO)[C@@H](O[C@@H]2O[C@H](CO)[C@@H](O)[C@H](O[C@@H]3O[C@H](CO)[C@@H](O)[C@H](O)[C@H]3O)[C@H]2O)[C@H](O)[C@H]1O[C@@H]1O[C@@H](C)[C@H](O)[C@@H](O)[C@H]1O. The Morgan fingerprint density at radius 3 is 1.75 bits per heavy atom. The zero-order valence-corrected chi connectivity index (χ0v) is 50.8. The van der Waals surface area contributed by atoms with Gasteiger partial charge < -0.3 is 144 Å². The van der Waals surface area contributed by atoms with Crippen LogP contribution in [0.5, 0.6) is 0 Å². The van der Waals surface area contributed by atoms with Gasteiger partial charge in [-0.2, -0.15) is 0 Å². The van der Waals surface area contributed by atoms with Gasteiger partial charge in [-0.1, -0.05) is 33.8 Å². The molecule has 0 amide bonds. The van der Waals surface area contributed by atoms with Crippen LogP contribution >= 0.6 is 0 Å². The molecule has 0 radical (unpaired) electrons. The van der Waals surface area contributed by atoms with Crippen LogP contribution in [-0.4, -0.2) is 303 Å². The highest BCUT2D eigenvalue weighted by Crippen LogP contribution is 2.70. The number of aliphatic hydroxyl groups is 17. The van der Waals surface area contributed by atoms with E-state index in [2.05, 4.69) is 19.9 Å². The lowest BCUT2D eigenvalue weighted by Gasteiger charge is -2.59. The van der Waals surface area contributed by atoms with Crippen molar-refractivity contribution in [2.75, 3.05) is 33.0 Å². The van der Waals surface area contributed by atoms with Gasteiger partial charge >= 0.3 is 5.97 Å². The highest BCUT2D eigenvalue weighted by atomic mass is 16.8. The number of carbonyl (C=O) groups is 1. The fourth-order valence-corrected chi connectivity index (χ4v) is 16.9.